The maximum Gasteiger partial charge on any atom is 0.175 e. The summed E-state index contributed by atoms with van der Waals surface area (Å²) in [6, 6.07) is 26.2. The summed E-state index contributed by atoms with van der Waals surface area (Å²) in [5, 5.41) is 6.94. The molecule has 2 N–H and O–H groups in total. The second kappa shape index (κ2) is 9.02. The zero-order valence-electron chi connectivity index (χ0n) is 14.7. The number of anilines is 2. The third-order valence-electron chi connectivity index (χ3n) is 3.98. The van der Waals surface area contributed by atoms with Crippen LogP contribution in [-0.4, -0.2) is 5.11 Å². The average molecular weight is 362 g/mol. The molecule has 0 spiro atoms. The third-order valence-corrected chi connectivity index (χ3v) is 4.18. The summed E-state index contributed by atoms with van der Waals surface area (Å²) >= 11 is 5.37. The van der Waals surface area contributed by atoms with E-state index < -0.39 is 0 Å². The lowest BCUT2D eigenvalue weighted by Gasteiger charge is -2.12. The molecular formula is C22H22N2OS. The number of thiocarbonyl (C=S) groups is 1. The van der Waals surface area contributed by atoms with E-state index in [2.05, 4.69) is 29.7 Å². The van der Waals surface area contributed by atoms with Gasteiger partial charge in [0.15, 0.2) is 5.11 Å². The van der Waals surface area contributed by atoms with Gasteiger partial charge in [-0.05, 0) is 66.2 Å². The van der Waals surface area contributed by atoms with E-state index in [1.54, 1.807) is 0 Å². The Hall–Kier alpha value is -2.85. The molecule has 26 heavy (non-hydrogen) atoms. The van der Waals surface area contributed by atoms with Crippen LogP contribution >= 0.6 is 12.2 Å². The first-order chi connectivity index (χ1) is 12.7. The van der Waals surface area contributed by atoms with Gasteiger partial charge >= 0.3 is 0 Å². The van der Waals surface area contributed by atoms with Crippen LogP contribution in [-0.2, 0) is 13.0 Å². The summed E-state index contributed by atoms with van der Waals surface area (Å²) in [6.45, 7) is 2.70. The standard InChI is InChI=1S/C22H22N2OS/c1-2-17-8-10-19(11-9-17)23-22(26)24-20-12-14-21(15-13-20)25-16-18-6-4-3-5-7-18/h3-15H,2,16H2,1H3,(H2,23,24,26). The van der Waals surface area contributed by atoms with Crippen molar-refractivity contribution in [1.29, 1.82) is 0 Å². The molecule has 0 unspecified atom stereocenters. The molecule has 3 nitrogen and oxygen atoms in total. The normalized spacial score (nSPS) is 10.2. The minimum atomic E-state index is 0.557. The Bertz CT molecular complexity index is 830. The Morgan fingerprint density at radius 2 is 1.35 bits per heavy atom. The van der Waals surface area contributed by atoms with E-state index in [1.807, 2.05) is 66.7 Å². The second-order valence-corrected chi connectivity index (χ2v) is 6.34. The zero-order valence-corrected chi connectivity index (χ0v) is 15.6. The van der Waals surface area contributed by atoms with Crippen LogP contribution in [0.2, 0.25) is 0 Å². The van der Waals surface area contributed by atoms with Gasteiger partial charge in [0.25, 0.3) is 0 Å². The number of nitrogens with one attached hydrogen (secondary N) is 2. The molecule has 0 aliphatic rings. The van der Waals surface area contributed by atoms with Crippen molar-refractivity contribution in [3.8, 4) is 5.75 Å². The highest BCUT2D eigenvalue weighted by atomic mass is 32.1. The molecule has 0 saturated carbocycles. The molecular weight excluding hydrogens is 340 g/mol. The highest BCUT2D eigenvalue weighted by Gasteiger charge is 2.01. The molecule has 0 bridgehead atoms. The second-order valence-electron chi connectivity index (χ2n) is 5.93. The van der Waals surface area contributed by atoms with E-state index in [0.717, 1.165) is 29.1 Å². The molecule has 3 rings (SSSR count). The van der Waals surface area contributed by atoms with Crippen molar-refractivity contribution in [2.75, 3.05) is 10.6 Å². The van der Waals surface area contributed by atoms with Crippen molar-refractivity contribution in [2.45, 2.75) is 20.0 Å². The van der Waals surface area contributed by atoms with Crippen LogP contribution in [0.15, 0.2) is 78.9 Å². The van der Waals surface area contributed by atoms with Gasteiger partial charge in [0.2, 0.25) is 0 Å². The maximum absolute atomic E-state index is 5.79. The molecule has 0 atom stereocenters. The summed E-state index contributed by atoms with van der Waals surface area (Å²) in [4.78, 5) is 0. The summed E-state index contributed by atoms with van der Waals surface area (Å²) in [5.74, 6) is 0.827. The van der Waals surface area contributed by atoms with Crippen LogP contribution in [0.4, 0.5) is 11.4 Å². The first-order valence-electron chi connectivity index (χ1n) is 8.66. The van der Waals surface area contributed by atoms with E-state index in [1.165, 1.54) is 5.56 Å². The smallest absolute Gasteiger partial charge is 0.175 e. The van der Waals surface area contributed by atoms with Crippen molar-refractivity contribution >= 4 is 28.7 Å². The topological polar surface area (TPSA) is 33.3 Å². The lowest BCUT2D eigenvalue weighted by atomic mass is 10.1. The maximum atomic E-state index is 5.79. The van der Waals surface area contributed by atoms with Crippen molar-refractivity contribution in [2.24, 2.45) is 0 Å². The van der Waals surface area contributed by atoms with Crippen molar-refractivity contribution in [3.05, 3.63) is 90.0 Å². The van der Waals surface area contributed by atoms with Gasteiger partial charge < -0.3 is 15.4 Å². The Balaban J connectivity index is 1.50. The molecule has 0 saturated heterocycles. The van der Waals surface area contributed by atoms with E-state index in [0.29, 0.717) is 11.7 Å². The van der Waals surface area contributed by atoms with Crippen molar-refractivity contribution in [1.82, 2.24) is 0 Å². The molecule has 0 amide bonds. The van der Waals surface area contributed by atoms with E-state index in [4.69, 9.17) is 17.0 Å². The highest BCUT2D eigenvalue weighted by Crippen LogP contribution is 2.18. The predicted molar refractivity (Wildman–Crippen MR) is 113 cm³/mol. The summed E-state index contributed by atoms with van der Waals surface area (Å²) < 4.78 is 5.79. The average Bonchev–Trinajstić information content (AvgIpc) is 2.69. The first kappa shape index (κ1) is 18.0. The molecule has 4 heteroatoms. The van der Waals surface area contributed by atoms with E-state index in [-0.39, 0.29) is 0 Å². The van der Waals surface area contributed by atoms with Crippen LogP contribution in [0.5, 0.6) is 5.75 Å². The highest BCUT2D eigenvalue weighted by molar-refractivity contribution is 7.80. The molecule has 0 aliphatic heterocycles. The molecule has 3 aromatic rings. The van der Waals surface area contributed by atoms with Crippen LogP contribution in [0.3, 0.4) is 0 Å². The van der Waals surface area contributed by atoms with Crippen LogP contribution in [0.25, 0.3) is 0 Å². The van der Waals surface area contributed by atoms with Gasteiger partial charge in [-0.1, -0.05) is 49.4 Å². The fourth-order valence-corrected chi connectivity index (χ4v) is 2.73. The SMILES string of the molecule is CCc1ccc(NC(=S)Nc2ccc(OCc3ccccc3)cc2)cc1. The fourth-order valence-electron chi connectivity index (χ4n) is 2.49. The molecule has 0 radical (unpaired) electrons. The Morgan fingerprint density at radius 3 is 1.92 bits per heavy atom. The number of hydrogen-bond acceptors (Lipinski definition) is 2. The molecule has 0 fully saturated rings. The van der Waals surface area contributed by atoms with Crippen molar-refractivity contribution in [3.63, 3.8) is 0 Å². The quantitative estimate of drug-likeness (QED) is 0.556. The Morgan fingerprint density at radius 1 is 0.769 bits per heavy atom. The number of hydrogen-bond donors (Lipinski definition) is 2. The number of rotatable bonds is 6. The largest absolute Gasteiger partial charge is 0.489 e. The van der Waals surface area contributed by atoms with Gasteiger partial charge in [0.05, 0.1) is 0 Å². The molecule has 3 aromatic carbocycles. The van der Waals surface area contributed by atoms with Gasteiger partial charge in [-0.15, -0.1) is 0 Å². The summed E-state index contributed by atoms with van der Waals surface area (Å²) in [6.07, 6.45) is 1.03. The van der Waals surface area contributed by atoms with Crippen LogP contribution < -0.4 is 15.4 Å². The molecule has 0 heterocycles. The third kappa shape index (κ3) is 5.33. The van der Waals surface area contributed by atoms with Gasteiger partial charge in [0, 0.05) is 11.4 Å². The van der Waals surface area contributed by atoms with E-state index in [9.17, 15) is 0 Å². The lowest BCUT2D eigenvalue weighted by Crippen LogP contribution is -2.18. The fraction of sp³-hybridized carbons (Fsp3) is 0.136. The predicted octanol–water partition coefficient (Wildman–Crippen LogP) is 5.64. The molecule has 132 valence electrons. The monoisotopic (exact) mass is 362 g/mol. The lowest BCUT2D eigenvalue weighted by molar-refractivity contribution is 0.306. The van der Waals surface area contributed by atoms with Gasteiger partial charge in [-0.2, -0.15) is 0 Å². The zero-order chi connectivity index (χ0) is 18.2. The van der Waals surface area contributed by atoms with E-state index >= 15 is 0 Å². The van der Waals surface area contributed by atoms with Gasteiger partial charge in [0.1, 0.15) is 12.4 Å². The number of ether oxygens (including phenoxy) is 1. The van der Waals surface area contributed by atoms with Crippen LogP contribution in [0.1, 0.15) is 18.1 Å². The minimum Gasteiger partial charge on any atom is -0.489 e. The first-order valence-corrected chi connectivity index (χ1v) is 9.07. The minimum absolute atomic E-state index is 0.557. The van der Waals surface area contributed by atoms with Gasteiger partial charge in [-0.3, -0.25) is 0 Å². The number of aryl methyl sites for hydroxylation is 1. The molecule has 0 aromatic heterocycles. The van der Waals surface area contributed by atoms with Crippen molar-refractivity contribution < 1.29 is 4.74 Å². The summed E-state index contributed by atoms with van der Waals surface area (Å²) in [7, 11) is 0. The summed E-state index contributed by atoms with van der Waals surface area (Å²) in [5.41, 5.74) is 4.34. The Labute approximate surface area is 160 Å². The van der Waals surface area contributed by atoms with Crippen LogP contribution in [0, 0.1) is 0 Å². The Kier molecular flexibility index (Phi) is 6.23. The molecule has 0 aliphatic carbocycles. The van der Waals surface area contributed by atoms with Gasteiger partial charge in [-0.25, -0.2) is 0 Å². The number of benzene rings is 3.